The average molecular weight is 337 g/mol. The first-order valence-corrected chi connectivity index (χ1v) is 8.60. The zero-order chi connectivity index (χ0) is 18.6. The highest BCUT2D eigenvalue weighted by molar-refractivity contribution is 5.92. The Morgan fingerprint density at radius 2 is 1.84 bits per heavy atom. The van der Waals surface area contributed by atoms with Crippen LogP contribution in [0, 0.1) is 19.8 Å². The van der Waals surface area contributed by atoms with Gasteiger partial charge < -0.3 is 11.5 Å². The van der Waals surface area contributed by atoms with Gasteiger partial charge in [0.1, 0.15) is 0 Å². The summed E-state index contributed by atoms with van der Waals surface area (Å²) in [6.07, 6.45) is 3.99. The smallest absolute Gasteiger partial charge is 0.241 e. The monoisotopic (exact) mass is 337 g/mol. The normalized spacial score (nSPS) is 11.4. The van der Waals surface area contributed by atoms with Crippen molar-refractivity contribution >= 4 is 12.0 Å². The number of amides is 1. The largest absolute Gasteiger partial charge is 0.366 e. The molecular weight excluding hydrogens is 310 g/mol. The minimum absolute atomic E-state index is 0.399. The Bertz CT molecular complexity index is 790. The highest BCUT2D eigenvalue weighted by Gasteiger charge is 2.18. The number of rotatable bonds is 6. The van der Waals surface area contributed by atoms with Crippen molar-refractivity contribution in [3.05, 3.63) is 58.4 Å². The van der Waals surface area contributed by atoms with Crippen molar-refractivity contribution in [2.75, 3.05) is 0 Å². The fraction of sp³-hybridized carbons (Fsp3) is 0.333. The molecule has 4 nitrogen and oxygen atoms in total. The molecule has 0 bridgehead atoms. The summed E-state index contributed by atoms with van der Waals surface area (Å²) in [5, 5.41) is 0. The van der Waals surface area contributed by atoms with E-state index in [1.807, 2.05) is 6.92 Å². The maximum absolute atomic E-state index is 11.2. The SMILES string of the molecule is Cc1ccc(-c2c(C=CC(N)=O)c(C)nc(CC(C)C)c2CN)cc1. The van der Waals surface area contributed by atoms with Crippen LogP contribution in [0.3, 0.4) is 0 Å². The van der Waals surface area contributed by atoms with Crippen LogP contribution < -0.4 is 11.5 Å². The van der Waals surface area contributed by atoms with Crippen molar-refractivity contribution in [1.29, 1.82) is 0 Å². The van der Waals surface area contributed by atoms with Crippen molar-refractivity contribution in [3.63, 3.8) is 0 Å². The molecule has 1 aromatic heterocycles. The fourth-order valence-corrected chi connectivity index (χ4v) is 3.01. The third-order valence-electron chi connectivity index (χ3n) is 4.17. The summed E-state index contributed by atoms with van der Waals surface area (Å²) in [6.45, 7) is 8.76. The molecule has 1 aromatic carbocycles. The molecule has 0 aliphatic rings. The van der Waals surface area contributed by atoms with Crippen molar-refractivity contribution in [1.82, 2.24) is 4.98 Å². The summed E-state index contributed by atoms with van der Waals surface area (Å²) in [7, 11) is 0. The highest BCUT2D eigenvalue weighted by Crippen LogP contribution is 2.33. The molecule has 2 rings (SSSR count). The van der Waals surface area contributed by atoms with Gasteiger partial charge in [0, 0.05) is 29.6 Å². The number of carbonyl (C=O) groups is 1. The highest BCUT2D eigenvalue weighted by atomic mass is 16.1. The molecule has 0 saturated carbocycles. The second-order valence-corrected chi connectivity index (χ2v) is 6.81. The number of nitrogens with two attached hydrogens (primary N) is 2. The van der Waals surface area contributed by atoms with Gasteiger partial charge in [-0.1, -0.05) is 43.7 Å². The van der Waals surface area contributed by atoms with E-state index < -0.39 is 5.91 Å². The first-order chi connectivity index (χ1) is 11.8. The lowest BCUT2D eigenvalue weighted by Crippen LogP contribution is -2.12. The van der Waals surface area contributed by atoms with E-state index in [1.165, 1.54) is 11.6 Å². The van der Waals surface area contributed by atoms with Crippen LogP contribution >= 0.6 is 0 Å². The lowest BCUT2D eigenvalue weighted by atomic mass is 9.89. The van der Waals surface area contributed by atoms with E-state index in [0.29, 0.717) is 12.5 Å². The molecule has 0 saturated heterocycles. The summed E-state index contributed by atoms with van der Waals surface area (Å²) in [6, 6.07) is 8.33. The molecule has 0 fully saturated rings. The maximum Gasteiger partial charge on any atom is 0.241 e. The number of carbonyl (C=O) groups excluding carboxylic acids is 1. The first kappa shape index (κ1) is 18.9. The molecule has 0 atom stereocenters. The number of benzene rings is 1. The van der Waals surface area contributed by atoms with E-state index in [1.54, 1.807) is 6.08 Å². The summed E-state index contributed by atoms with van der Waals surface area (Å²) in [5.41, 5.74) is 18.6. The topological polar surface area (TPSA) is 82.0 Å². The van der Waals surface area contributed by atoms with Crippen LogP contribution in [0.15, 0.2) is 30.3 Å². The molecule has 0 radical (unpaired) electrons. The Morgan fingerprint density at radius 3 is 2.36 bits per heavy atom. The number of primary amides is 1. The molecule has 4 heteroatoms. The van der Waals surface area contributed by atoms with E-state index in [4.69, 9.17) is 16.5 Å². The number of hydrogen-bond acceptors (Lipinski definition) is 3. The average Bonchev–Trinajstić information content (AvgIpc) is 2.53. The zero-order valence-corrected chi connectivity index (χ0v) is 15.5. The molecule has 132 valence electrons. The number of hydrogen-bond donors (Lipinski definition) is 2. The molecule has 25 heavy (non-hydrogen) atoms. The minimum atomic E-state index is -0.477. The Labute approximate surface area is 150 Å². The van der Waals surface area contributed by atoms with Crippen LogP contribution in [0.2, 0.25) is 0 Å². The Balaban J connectivity index is 2.78. The van der Waals surface area contributed by atoms with Crippen molar-refractivity contribution in [3.8, 4) is 11.1 Å². The predicted molar refractivity (Wildman–Crippen MR) is 104 cm³/mol. The molecule has 2 aromatic rings. The van der Waals surface area contributed by atoms with E-state index in [0.717, 1.165) is 40.1 Å². The van der Waals surface area contributed by atoms with Crippen LogP contribution in [0.1, 0.15) is 41.9 Å². The van der Waals surface area contributed by atoms with Gasteiger partial charge in [-0.3, -0.25) is 9.78 Å². The minimum Gasteiger partial charge on any atom is -0.366 e. The molecule has 0 aliphatic heterocycles. The van der Waals surface area contributed by atoms with Gasteiger partial charge in [-0.15, -0.1) is 0 Å². The number of aromatic nitrogens is 1. The van der Waals surface area contributed by atoms with Gasteiger partial charge in [0.2, 0.25) is 5.91 Å². The van der Waals surface area contributed by atoms with Gasteiger partial charge in [0.15, 0.2) is 0 Å². The van der Waals surface area contributed by atoms with Crippen molar-refractivity contribution in [2.45, 2.75) is 40.7 Å². The van der Waals surface area contributed by atoms with Crippen LogP contribution in [-0.4, -0.2) is 10.9 Å². The molecule has 4 N–H and O–H groups in total. The van der Waals surface area contributed by atoms with Crippen molar-refractivity contribution in [2.24, 2.45) is 17.4 Å². The molecular formula is C21H27N3O. The number of aryl methyl sites for hydroxylation is 2. The predicted octanol–water partition coefficient (Wildman–Crippen LogP) is 3.52. The lowest BCUT2D eigenvalue weighted by molar-refractivity contribution is -0.113. The quantitative estimate of drug-likeness (QED) is 0.791. The summed E-state index contributed by atoms with van der Waals surface area (Å²) < 4.78 is 0. The van der Waals surface area contributed by atoms with Crippen LogP contribution in [0.25, 0.3) is 17.2 Å². The Kier molecular flexibility index (Phi) is 6.10. The van der Waals surface area contributed by atoms with E-state index in [2.05, 4.69) is 45.0 Å². The standard InChI is InChI=1S/C21H27N3O/c1-13(2)11-19-18(12-22)21(16-7-5-14(3)6-8-16)17(15(4)24-19)9-10-20(23)25/h5-10,13H,11-12,22H2,1-4H3,(H2,23,25). The third-order valence-corrected chi connectivity index (χ3v) is 4.17. The van der Waals surface area contributed by atoms with Crippen LogP contribution in [0.5, 0.6) is 0 Å². The van der Waals surface area contributed by atoms with Gasteiger partial charge in [0.05, 0.1) is 0 Å². The summed E-state index contributed by atoms with van der Waals surface area (Å²) in [4.78, 5) is 16.0. The Hall–Kier alpha value is -2.46. The first-order valence-electron chi connectivity index (χ1n) is 8.60. The summed E-state index contributed by atoms with van der Waals surface area (Å²) in [5.74, 6) is 0.00453. The van der Waals surface area contributed by atoms with Gasteiger partial charge in [-0.2, -0.15) is 0 Å². The van der Waals surface area contributed by atoms with E-state index in [-0.39, 0.29) is 0 Å². The van der Waals surface area contributed by atoms with Crippen LogP contribution in [-0.2, 0) is 17.8 Å². The van der Waals surface area contributed by atoms with Gasteiger partial charge in [0.25, 0.3) is 0 Å². The van der Waals surface area contributed by atoms with Gasteiger partial charge >= 0.3 is 0 Å². The molecule has 1 heterocycles. The maximum atomic E-state index is 11.2. The number of pyridine rings is 1. The molecule has 0 spiro atoms. The third kappa shape index (κ3) is 4.54. The van der Waals surface area contributed by atoms with Crippen LogP contribution in [0.4, 0.5) is 0 Å². The fourth-order valence-electron chi connectivity index (χ4n) is 3.01. The second kappa shape index (κ2) is 8.08. The van der Waals surface area contributed by atoms with E-state index in [9.17, 15) is 4.79 Å². The Morgan fingerprint density at radius 1 is 1.20 bits per heavy atom. The molecule has 0 unspecified atom stereocenters. The second-order valence-electron chi connectivity index (χ2n) is 6.81. The molecule has 0 aliphatic carbocycles. The number of nitrogens with zero attached hydrogens (tertiary/aromatic N) is 1. The summed E-state index contributed by atoms with van der Waals surface area (Å²) >= 11 is 0. The van der Waals surface area contributed by atoms with Gasteiger partial charge in [-0.05, 0) is 49.0 Å². The van der Waals surface area contributed by atoms with E-state index >= 15 is 0 Å². The zero-order valence-electron chi connectivity index (χ0n) is 15.5. The lowest BCUT2D eigenvalue weighted by Gasteiger charge is -2.19. The van der Waals surface area contributed by atoms with Crippen molar-refractivity contribution < 1.29 is 4.79 Å². The molecule has 1 amide bonds. The van der Waals surface area contributed by atoms with Gasteiger partial charge in [-0.25, -0.2) is 0 Å².